The predicted octanol–water partition coefficient (Wildman–Crippen LogP) is 4.44. The monoisotopic (exact) mass is 396 g/mol. The molecule has 1 saturated heterocycles. The molecule has 1 spiro atoms. The second kappa shape index (κ2) is 6.51. The Bertz CT molecular complexity index is 1110. The Morgan fingerprint density at radius 3 is 2.40 bits per heavy atom. The van der Waals surface area contributed by atoms with Gasteiger partial charge in [-0.25, -0.2) is 0 Å². The SMILES string of the molecule is O=C(N1CCC2(C1)OCc1ccccc12)C1(c2ccc(-c3ccncc3)cc2)CC1. The van der Waals surface area contributed by atoms with Gasteiger partial charge in [0.05, 0.1) is 18.6 Å². The van der Waals surface area contributed by atoms with Crippen LogP contribution in [0, 0.1) is 0 Å². The van der Waals surface area contributed by atoms with Gasteiger partial charge in [0.25, 0.3) is 0 Å². The van der Waals surface area contributed by atoms with Crippen LogP contribution in [0.4, 0.5) is 0 Å². The van der Waals surface area contributed by atoms with Gasteiger partial charge < -0.3 is 9.64 Å². The molecule has 0 bridgehead atoms. The van der Waals surface area contributed by atoms with Crippen LogP contribution in [0.3, 0.4) is 0 Å². The first-order valence-electron chi connectivity index (χ1n) is 10.7. The van der Waals surface area contributed by atoms with Crippen LogP contribution in [0.1, 0.15) is 36.0 Å². The van der Waals surface area contributed by atoms with Crippen molar-refractivity contribution in [3.8, 4) is 11.1 Å². The zero-order valence-electron chi connectivity index (χ0n) is 16.9. The number of hydrogen-bond acceptors (Lipinski definition) is 3. The number of pyridine rings is 1. The van der Waals surface area contributed by atoms with Gasteiger partial charge in [-0.2, -0.15) is 0 Å². The summed E-state index contributed by atoms with van der Waals surface area (Å²) in [5.41, 5.74) is 5.31. The lowest BCUT2D eigenvalue weighted by molar-refractivity contribution is -0.134. The third-order valence-electron chi connectivity index (χ3n) is 7.14. The average molecular weight is 396 g/mol. The lowest BCUT2D eigenvalue weighted by atomic mass is 9.91. The summed E-state index contributed by atoms with van der Waals surface area (Å²) >= 11 is 0. The topological polar surface area (TPSA) is 42.4 Å². The van der Waals surface area contributed by atoms with E-state index in [0.29, 0.717) is 13.2 Å². The van der Waals surface area contributed by atoms with E-state index in [9.17, 15) is 4.79 Å². The largest absolute Gasteiger partial charge is 0.364 e. The number of carbonyl (C=O) groups excluding carboxylic acids is 1. The molecule has 1 atom stereocenters. The summed E-state index contributed by atoms with van der Waals surface area (Å²) in [6, 6.07) is 21.0. The highest BCUT2D eigenvalue weighted by Gasteiger charge is 2.56. The normalized spacial score (nSPS) is 23.5. The molecule has 1 unspecified atom stereocenters. The van der Waals surface area contributed by atoms with Crippen molar-refractivity contribution >= 4 is 5.91 Å². The second-order valence-corrected chi connectivity index (χ2v) is 8.81. The number of fused-ring (bicyclic) bond motifs is 2. The zero-order valence-corrected chi connectivity index (χ0v) is 16.9. The molecular formula is C26H24N2O2. The first kappa shape index (κ1) is 17.8. The molecule has 2 aliphatic heterocycles. The minimum absolute atomic E-state index is 0.268. The molecular weight excluding hydrogens is 372 g/mol. The third kappa shape index (κ3) is 2.63. The Balaban J connectivity index is 1.24. The van der Waals surface area contributed by atoms with E-state index in [1.165, 1.54) is 11.1 Å². The standard InChI is InChI=1S/C26H24N2O2/c29-24(28-16-13-26(18-28)23-4-2-1-3-21(23)17-30-26)25(11-12-25)22-7-5-19(6-8-22)20-9-14-27-15-10-20/h1-10,14-15H,11-13,16-18H2. The van der Waals surface area contributed by atoms with Crippen LogP contribution in [0.5, 0.6) is 0 Å². The molecule has 4 nitrogen and oxygen atoms in total. The molecule has 2 fully saturated rings. The fourth-order valence-electron chi connectivity index (χ4n) is 5.26. The Morgan fingerprint density at radius 1 is 0.900 bits per heavy atom. The molecule has 3 aromatic rings. The molecule has 4 heteroatoms. The Labute approximate surface area is 176 Å². The molecule has 150 valence electrons. The smallest absolute Gasteiger partial charge is 0.233 e. The van der Waals surface area contributed by atoms with Gasteiger partial charge in [0.15, 0.2) is 0 Å². The summed E-state index contributed by atoms with van der Waals surface area (Å²) in [4.78, 5) is 19.7. The molecule has 1 amide bonds. The first-order valence-corrected chi connectivity index (χ1v) is 10.7. The van der Waals surface area contributed by atoms with E-state index in [1.807, 2.05) is 29.4 Å². The van der Waals surface area contributed by atoms with Gasteiger partial charge in [-0.05, 0) is 59.2 Å². The number of likely N-dealkylation sites (tertiary alicyclic amines) is 1. The minimum Gasteiger partial charge on any atom is -0.364 e. The first-order chi connectivity index (χ1) is 14.7. The lowest BCUT2D eigenvalue weighted by Gasteiger charge is -2.27. The number of nitrogens with zero attached hydrogens (tertiary/aromatic N) is 2. The van der Waals surface area contributed by atoms with E-state index in [1.54, 1.807) is 0 Å². The van der Waals surface area contributed by atoms with E-state index < -0.39 is 0 Å². The van der Waals surface area contributed by atoms with E-state index in [4.69, 9.17) is 4.74 Å². The molecule has 6 rings (SSSR count). The molecule has 0 radical (unpaired) electrons. The molecule has 1 saturated carbocycles. The van der Waals surface area contributed by atoms with E-state index in [0.717, 1.165) is 42.5 Å². The van der Waals surface area contributed by atoms with Crippen LogP contribution in [0.15, 0.2) is 73.1 Å². The molecule has 1 aliphatic carbocycles. The summed E-state index contributed by atoms with van der Waals surface area (Å²) < 4.78 is 6.26. The van der Waals surface area contributed by atoms with Crippen molar-refractivity contribution in [2.75, 3.05) is 13.1 Å². The van der Waals surface area contributed by atoms with Gasteiger partial charge >= 0.3 is 0 Å². The molecule has 30 heavy (non-hydrogen) atoms. The van der Waals surface area contributed by atoms with Gasteiger partial charge in [-0.1, -0.05) is 48.5 Å². The Kier molecular flexibility index (Phi) is 3.87. The van der Waals surface area contributed by atoms with E-state index >= 15 is 0 Å². The van der Waals surface area contributed by atoms with Gasteiger partial charge in [0.2, 0.25) is 5.91 Å². The highest BCUT2D eigenvalue weighted by atomic mass is 16.5. The quantitative estimate of drug-likeness (QED) is 0.657. The van der Waals surface area contributed by atoms with Gasteiger partial charge in [0, 0.05) is 18.9 Å². The van der Waals surface area contributed by atoms with Crippen molar-refractivity contribution in [2.45, 2.75) is 36.9 Å². The summed E-state index contributed by atoms with van der Waals surface area (Å²) in [5, 5.41) is 0. The predicted molar refractivity (Wildman–Crippen MR) is 115 cm³/mol. The number of benzene rings is 2. The third-order valence-corrected chi connectivity index (χ3v) is 7.14. The van der Waals surface area contributed by atoms with E-state index in [-0.39, 0.29) is 16.9 Å². The molecule has 3 aliphatic rings. The van der Waals surface area contributed by atoms with Crippen molar-refractivity contribution < 1.29 is 9.53 Å². The van der Waals surface area contributed by atoms with Crippen LogP contribution < -0.4 is 0 Å². The van der Waals surface area contributed by atoms with Crippen LogP contribution in [-0.4, -0.2) is 28.9 Å². The average Bonchev–Trinajstić information content (AvgIpc) is 3.39. The fourth-order valence-corrected chi connectivity index (χ4v) is 5.26. The maximum atomic E-state index is 13.6. The van der Waals surface area contributed by atoms with Crippen molar-refractivity contribution in [3.63, 3.8) is 0 Å². The van der Waals surface area contributed by atoms with Gasteiger partial charge in [-0.15, -0.1) is 0 Å². The van der Waals surface area contributed by atoms with Crippen LogP contribution >= 0.6 is 0 Å². The van der Waals surface area contributed by atoms with Crippen LogP contribution in [0.2, 0.25) is 0 Å². The Hall–Kier alpha value is -2.98. The fraction of sp³-hybridized carbons (Fsp3) is 0.308. The molecule has 1 aromatic heterocycles. The minimum atomic E-state index is -0.347. The lowest BCUT2D eigenvalue weighted by Crippen LogP contribution is -2.40. The molecule has 0 N–H and O–H groups in total. The summed E-state index contributed by atoms with van der Waals surface area (Å²) in [6.07, 6.45) is 6.36. The van der Waals surface area contributed by atoms with Crippen molar-refractivity contribution in [1.29, 1.82) is 0 Å². The number of rotatable bonds is 3. The number of hydrogen-bond donors (Lipinski definition) is 0. The summed E-state index contributed by atoms with van der Waals surface area (Å²) in [5.74, 6) is 0.268. The second-order valence-electron chi connectivity index (χ2n) is 8.81. The Morgan fingerprint density at radius 2 is 1.63 bits per heavy atom. The van der Waals surface area contributed by atoms with Crippen molar-refractivity contribution in [2.24, 2.45) is 0 Å². The number of carbonyl (C=O) groups is 1. The summed E-state index contributed by atoms with van der Waals surface area (Å²) in [6.45, 7) is 2.09. The highest BCUT2D eigenvalue weighted by molar-refractivity contribution is 5.92. The van der Waals surface area contributed by atoms with Gasteiger partial charge in [-0.3, -0.25) is 9.78 Å². The van der Waals surface area contributed by atoms with Crippen molar-refractivity contribution in [1.82, 2.24) is 9.88 Å². The maximum absolute atomic E-state index is 13.6. The zero-order chi connectivity index (χ0) is 20.2. The highest BCUT2D eigenvalue weighted by Crippen LogP contribution is 2.52. The van der Waals surface area contributed by atoms with Crippen molar-refractivity contribution in [3.05, 3.63) is 89.7 Å². The van der Waals surface area contributed by atoms with E-state index in [2.05, 4.69) is 53.5 Å². The number of aromatic nitrogens is 1. The van der Waals surface area contributed by atoms with Crippen LogP contribution in [-0.2, 0) is 27.2 Å². The molecule has 2 aromatic carbocycles. The number of amides is 1. The van der Waals surface area contributed by atoms with Crippen LogP contribution in [0.25, 0.3) is 11.1 Å². The number of ether oxygens (including phenoxy) is 1. The molecule has 3 heterocycles. The van der Waals surface area contributed by atoms with Gasteiger partial charge in [0.1, 0.15) is 5.60 Å². The summed E-state index contributed by atoms with van der Waals surface area (Å²) in [7, 11) is 0. The maximum Gasteiger partial charge on any atom is 0.233 e.